The summed E-state index contributed by atoms with van der Waals surface area (Å²) >= 11 is 1.82. The molecule has 51 heavy (non-hydrogen) atoms. The molecule has 0 saturated carbocycles. The third-order valence-corrected chi connectivity index (χ3v) is 11.7. The second kappa shape index (κ2) is 10.8. The largest absolute Gasteiger partial charge is 0.457 e. The molecule has 2 aliphatic rings. The van der Waals surface area contributed by atoms with E-state index in [2.05, 4.69) is 164 Å². The smallest absolute Gasteiger partial charge is 0.160 e. The summed E-state index contributed by atoms with van der Waals surface area (Å²) in [6.07, 6.45) is 0. The van der Waals surface area contributed by atoms with E-state index in [1.807, 2.05) is 17.4 Å². The van der Waals surface area contributed by atoms with E-state index in [1.54, 1.807) is 0 Å². The van der Waals surface area contributed by atoms with Gasteiger partial charge in [-0.25, -0.2) is 9.97 Å². The second-order valence-corrected chi connectivity index (χ2v) is 14.4. The summed E-state index contributed by atoms with van der Waals surface area (Å²) in [6, 6.07) is 60.4. The van der Waals surface area contributed by atoms with Crippen LogP contribution < -0.4 is 4.74 Å². The molecule has 0 bridgehead atoms. The highest BCUT2D eigenvalue weighted by molar-refractivity contribution is 7.25. The molecule has 9 aromatic rings. The minimum Gasteiger partial charge on any atom is -0.457 e. The van der Waals surface area contributed by atoms with Crippen molar-refractivity contribution >= 4 is 31.5 Å². The van der Waals surface area contributed by atoms with Gasteiger partial charge >= 0.3 is 0 Å². The summed E-state index contributed by atoms with van der Waals surface area (Å²) in [5.74, 6) is 2.35. The standard InChI is InChI=1S/C47H28N2OS/c1-2-12-29(13-3-1)40-28-41(30-22-24-35-34-16-6-11-21-44(34)51-45(35)27-30)49-46(48-40)31-23-25-39-43(26-31)50-42-20-10-9-19-38(42)47(39)36-17-7-4-14-32(36)33-15-5-8-18-37(33)47/h1-28H. The molecule has 1 aliphatic heterocycles. The van der Waals surface area contributed by atoms with Gasteiger partial charge in [0.1, 0.15) is 11.5 Å². The molecule has 3 heterocycles. The average molecular weight is 669 g/mol. The lowest BCUT2D eigenvalue weighted by Crippen LogP contribution is -2.32. The Hall–Kier alpha value is -6.36. The van der Waals surface area contributed by atoms with Crippen molar-refractivity contribution in [1.82, 2.24) is 9.97 Å². The van der Waals surface area contributed by atoms with Gasteiger partial charge in [0, 0.05) is 48.0 Å². The Morgan fingerprint density at radius 2 is 1.02 bits per heavy atom. The van der Waals surface area contributed by atoms with E-state index in [9.17, 15) is 0 Å². The summed E-state index contributed by atoms with van der Waals surface area (Å²) in [4.78, 5) is 10.4. The first kappa shape index (κ1) is 28.5. The molecule has 0 unspecified atom stereocenters. The summed E-state index contributed by atoms with van der Waals surface area (Å²) in [5.41, 5.74) is 11.6. The zero-order valence-corrected chi connectivity index (χ0v) is 28.2. The Kier molecular flexibility index (Phi) is 6.04. The first-order valence-electron chi connectivity index (χ1n) is 17.2. The summed E-state index contributed by atoms with van der Waals surface area (Å²) in [6.45, 7) is 0. The van der Waals surface area contributed by atoms with Crippen LogP contribution in [0, 0.1) is 0 Å². The van der Waals surface area contributed by atoms with E-state index >= 15 is 0 Å². The van der Waals surface area contributed by atoms with Crippen molar-refractivity contribution in [1.29, 1.82) is 0 Å². The second-order valence-electron chi connectivity index (χ2n) is 13.3. The van der Waals surface area contributed by atoms with Crippen LogP contribution in [0.3, 0.4) is 0 Å². The number of fused-ring (bicyclic) bond motifs is 12. The Morgan fingerprint density at radius 3 is 1.82 bits per heavy atom. The van der Waals surface area contributed by atoms with Gasteiger partial charge in [0.05, 0.1) is 16.8 Å². The van der Waals surface area contributed by atoms with Crippen molar-refractivity contribution in [3.05, 3.63) is 192 Å². The maximum atomic E-state index is 6.81. The van der Waals surface area contributed by atoms with Crippen molar-refractivity contribution in [2.45, 2.75) is 5.41 Å². The first-order valence-corrected chi connectivity index (χ1v) is 18.1. The van der Waals surface area contributed by atoms with Crippen LogP contribution in [0.4, 0.5) is 0 Å². The number of hydrogen-bond acceptors (Lipinski definition) is 4. The molecule has 0 N–H and O–H groups in total. The molecule has 3 nitrogen and oxygen atoms in total. The first-order chi connectivity index (χ1) is 25.3. The minimum atomic E-state index is -0.506. The van der Waals surface area contributed by atoms with E-state index in [-0.39, 0.29) is 0 Å². The molecule has 0 atom stereocenters. The van der Waals surface area contributed by atoms with Crippen molar-refractivity contribution in [2.24, 2.45) is 0 Å². The monoisotopic (exact) mass is 668 g/mol. The fourth-order valence-corrected chi connectivity index (χ4v) is 9.51. The number of rotatable bonds is 3. The quantitative estimate of drug-likeness (QED) is 0.188. The predicted molar refractivity (Wildman–Crippen MR) is 209 cm³/mol. The molecule has 7 aromatic carbocycles. The van der Waals surface area contributed by atoms with Crippen LogP contribution >= 0.6 is 11.3 Å². The van der Waals surface area contributed by atoms with E-state index < -0.39 is 5.41 Å². The molecule has 1 spiro atoms. The molecule has 0 radical (unpaired) electrons. The van der Waals surface area contributed by atoms with Crippen LogP contribution in [0.5, 0.6) is 11.5 Å². The van der Waals surface area contributed by atoms with E-state index in [0.29, 0.717) is 5.82 Å². The highest BCUT2D eigenvalue weighted by atomic mass is 32.1. The summed E-state index contributed by atoms with van der Waals surface area (Å²) in [7, 11) is 0. The zero-order chi connectivity index (χ0) is 33.5. The summed E-state index contributed by atoms with van der Waals surface area (Å²) < 4.78 is 9.35. The van der Waals surface area contributed by atoms with E-state index in [4.69, 9.17) is 14.7 Å². The van der Waals surface area contributed by atoms with Gasteiger partial charge in [-0.2, -0.15) is 0 Å². The van der Waals surface area contributed by atoms with Crippen LogP contribution in [0.1, 0.15) is 22.3 Å². The third kappa shape index (κ3) is 4.11. The Balaban J connectivity index is 1.12. The maximum Gasteiger partial charge on any atom is 0.160 e. The lowest BCUT2D eigenvalue weighted by atomic mass is 9.66. The van der Waals surface area contributed by atoms with Gasteiger partial charge in [-0.05, 0) is 52.6 Å². The van der Waals surface area contributed by atoms with Crippen LogP contribution in [0.2, 0.25) is 0 Å². The highest BCUT2D eigenvalue weighted by Gasteiger charge is 2.50. The van der Waals surface area contributed by atoms with Crippen molar-refractivity contribution in [2.75, 3.05) is 0 Å². The number of thiophene rings is 1. The molecule has 2 aromatic heterocycles. The van der Waals surface area contributed by atoms with Crippen molar-refractivity contribution in [3.63, 3.8) is 0 Å². The van der Waals surface area contributed by atoms with Crippen molar-refractivity contribution in [3.8, 4) is 56.5 Å². The normalized spacial score (nSPS) is 13.4. The number of ether oxygens (including phenoxy) is 1. The average Bonchev–Trinajstić information content (AvgIpc) is 3.72. The molecule has 0 amide bonds. The lowest BCUT2D eigenvalue weighted by Gasteiger charge is -2.39. The molecule has 11 rings (SSSR count). The van der Waals surface area contributed by atoms with Gasteiger partial charge < -0.3 is 4.74 Å². The molecular formula is C47H28N2OS. The van der Waals surface area contributed by atoms with Gasteiger partial charge in [-0.15, -0.1) is 11.3 Å². The van der Waals surface area contributed by atoms with Gasteiger partial charge in [-0.3, -0.25) is 0 Å². The highest BCUT2D eigenvalue weighted by Crippen LogP contribution is 2.62. The fourth-order valence-electron chi connectivity index (χ4n) is 8.37. The number of benzene rings is 7. The Labute approximate surface area is 299 Å². The van der Waals surface area contributed by atoms with E-state index in [0.717, 1.165) is 50.7 Å². The number of nitrogens with zero attached hydrogens (tertiary/aromatic N) is 2. The van der Waals surface area contributed by atoms with Crippen molar-refractivity contribution < 1.29 is 4.74 Å². The van der Waals surface area contributed by atoms with Gasteiger partial charge in [0.25, 0.3) is 0 Å². The number of aromatic nitrogens is 2. The molecule has 0 saturated heterocycles. The van der Waals surface area contributed by atoms with E-state index in [1.165, 1.54) is 42.4 Å². The SMILES string of the molecule is c1ccc(-c2cc(-c3ccc4c(c3)sc3ccccc34)nc(-c3ccc4c(c3)Oc3ccccc3C43c4ccccc4-c4ccccc43)n2)cc1. The molecule has 4 heteroatoms. The Morgan fingerprint density at radius 1 is 0.412 bits per heavy atom. The topological polar surface area (TPSA) is 35.0 Å². The fraction of sp³-hybridized carbons (Fsp3) is 0.0213. The van der Waals surface area contributed by atoms with Crippen LogP contribution in [0.15, 0.2) is 170 Å². The third-order valence-electron chi connectivity index (χ3n) is 10.6. The van der Waals surface area contributed by atoms with Crippen LogP contribution in [-0.2, 0) is 5.41 Å². The van der Waals surface area contributed by atoms with Gasteiger partial charge in [0.15, 0.2) is 5.82 Å². The van der Waals surface area contributed by atoms with Gasteiger partial charge in [0.2, 0.25) is 0 Å². The van der Waals surface area contributed by atoms with Gasteiger partial charge in [-0.1, -0.05) is 140 Å². The Bertz CT molecular complexity index is 2810. The van der Waals surface area contributed by atoms with Crippen LogP contribution in [-0.4, -0.2) is 9.97 Å². The van der Waals surface area contributed by atoms with Crippen LogP contribution in [0.25, 0.3) is 65.2 Å². The maximum absolute atomic E-state index is 6.81. The molecule has 1 aliphatic carbocycles. The number of hydrogen-bond donors (Lipinski definition) is 0. The lowest BCUT2D eigenvalue weighted by molar-refractivity contribution is 0.436. The minimum absolute atomic E-state index is 0.506. The molecule has 0 fully saturated rings. The number of para-hydroxylation sites is 1. The summed E-state index contributed by atoms with van der Waals surface area (Å²) in [5, 5.41) is 2.56. The molecular weight excluding hydrogens is 641 g/mol. The predicted octanol–water partition coefficient (Wildman–Crippen LogP) is 12.3. The molecule has 238 valence electrons. The zero-order valence-electron chi connectivity index (χ0n) is 27.4.